The highest BCUT2D eigenvalue weighted by atomic mass is 16.3. The minimum absolute atomic E-state index is 0.150. The summed E-state index contributed by atoms with van der Waals surface area (Å²) in [5.74, 6) is 0. The van der Waals surface area contributed by atoms with Crippen LogP contribution in [-0.2, 0) is 5.11 Å². The van der Waals surface area contributed by atoms with E-state index < -0.39 is 6.23 Å². The van der Waals surface area contributed by atoms with Crippen molar-refractivity contribution in [3.63, 3.8) is 0 Å². The maximum atomic E-state index is 11.0. The van der Waals surface area contributed by atoms with Gasteiger partial charge in [0.05, 0.1) is 0 Å². The lowest BCUT2D eigenvalue weighted by Gasteiger charge is -2.16. The predicted molar refractivity (Wildman–Crippen MR) is 34.9 cm³/mol. The second-order valence-corrected chi connectivity index (χ2v) is 2.50. The average Bonchev–Trinajstić information content (AvgIpc) is 2.14. The van der Waals surface area contributed by atoms with Gasteiger partial charge in [0, 0.05) is 20.1 Å². The molecule has 1 atom stereocenters. The number of rotatable bonds is 1. The third-order valence-corrected chi connectivity index (χ3v) is 1.69. The molecule has 1 fully saturated rings. The topological polar surface area (TPSA) is 43.5 Å². The van der Waals surface area contributed by atoms with Crippen LogP contribution in [0.2, 0.25) is 0 Å². The number of amides is 2. The van der Waals surface area contributed by atoms with E-state index >= 15 is 0 Å². The van der Waals surface area contributed by atoms with E-state index in [0.29, 0.717) is 13.1 Å². The molecule has 1 heterocycles. The highest BCUT2D eigenvalue weighted by molar-refractivity contribution is 5.76. The minimum atomic E-state index is -0.905. The van der Waals surface area contributed by atoms with Crippen molar-refractivity contribution >= 4 is 6.03 Å². The minimum Gasteiger partial charge on any atom is -0.326 e. The van der Waals surface area contributed by atoms with Crippen LogP contribution in [-0.4, -0.2) is 42.2 Å². The molecule has 1 aliphatic rings. The van der Waals surface area contributed by atoms with Gasteiger partial charge >= 0.3 is 6.03 Å². The van der Waals surface area contributed by atoms with Crippen LogP contribution in [0.5, 0.6) is 0 Å². The zero-order valence-electron chi connectivity index (χ0n) is 6.20. The highest BCUT2D eigenvalue weighted by Gasteiger charge is 2.28. The van der Waals surface area contributed by atoms with Crippen LogP contribution in [0.15, 0.2) is 0 Å². The Morgan fingerprint density at radius 1 is 1.50 bits per heavy atom. The van der Waals surface area contributed by atoms with Gasteiger partial charge in [0.1, 0.15) is 0 Å². The number of hydrogen-bond acceptors (Lipinski definition) is 1. The van der Waals surface area contributed by atoms with Crippen LogP contribution < -0.4 is 0 Å². The molecule has 10 heavy (non-hydrogen) atoms. The van der Waals surface area contributed by atoms with Crippen LogP contribution >= 0.6 is 0 Å². The maximum absolute atomic E-state index is 11.0. The lowest BCUT2D eigenvalue weighted by Crippen LogP contribution is -2.35. The van der Waals surface area contributed by atoms with Gasteiger partial charge < -0.3 is 4.90 Å². The van der Waals surface area contributed by atoms with E-state index in [-0.39, 0.29) is 6.03 Å². The van der Waals surface area contributed by atoms with Crippen molar-refractivity contribution in [2.24, 2.45) is 0 Å². The van der Waals surface area contributed by atoms with Crippen molar-refractivity contribution in [3.05, 3.63) is 0 Å². The van der Waals surface area contributed by atoms with Crippen LogP contribution in [0.1, 0.15) is 6.92 Å². The zero-order valence-corrected chi connectivity index (χ0v) is 6.20. The van der Waals surface area contributed by atoms with Crippen molar-refractivity contribution in [2.75, 3.05) is 20.1 Å². The molecule has 0 saturated carbocycles. The Labute approximate surface area is 60.0 Å². The molecule has 57 valence electrons. The largest absolute Gasteiger partial charge is 0.326 e. The van der Waals surface area contributed by atoms with Gasteiger partial charge in [0.25, 0.3) is 0 Å². The summed E-state index contributed by atoms with van der Waals surface area (Å²) in [6.07, 6.45) is -0.905. The molecule has 0 aromatic rings. The lowest BCUT2D eigenvalue weighted by atomic mass is 10.5. The van der Waals surface area contributed by atoms with Gasteiger partial charge in [-0.25, -0.2) is 9.90 Å². The maximum Gasteiger partial charge on any atom is 0.322 e. The normalized spacial score (nSPS) is 22.1. The number of carbonyl (C=O) groups is 1. The molecular weight excluding hydrogens is 132 g/mol. The van der Waals surface area contributed by atoms with Crippen LogP contribution in [0.3, 0.4) is 0 Å². The number of hydrogen-bond donors (Lipinski definition) is 0. The van der Waals surface area contributed by atoms with Gasteiger partial charge in [-0.05, 0) is 6.92 Å². The molecule has 0 spiro atoms. The Kier molecular flexibility index (Phi) is 1.80. The van der Waals surface area contributed by atoms with Gasteiger partial charge in [-0.3, -0.25) is 4.90 Å². The molecule has 2 amide bonds. The summed E-state index contributed by atoms with van der Waals surface area (Å²) in [5, 5.41) is 10.8. The Balaban J connectivity index is 2.57. The smallest absolute Gasteiger partial charge is 0.322 e. The second-order valence-electron chi connectivity index (χ2n) is 2.50. The standard InChI is InChI=1S/C6H11N2O2/c1-5(9)8-4-3-7(2)6(8)10/h5H,3-4H2,1-2H3. The quantitative estimate of drug-likeness (QED) is 0.514. The molecule has 1 unspecified atom stereocenters. The van der Waals surface area contributed by atoms with Gasteiger partial charge in [-0.2, -0.15) is 0 Å². The molecule has 0 bridgehead atoms. The first-order valence-corrected chi connectivity index (χ1v) is 3.30. The highest BCUT2D eigenvalue weighted by Crippen LogP contribution is 2.08. The Morgan fingerprint density at radius 3 is 2.30 bits per heavy atom. The van der Waals surface area contributed by atoms with Crippen molar-refractivity contribution in [3.8, 4) is 0 Å². The van der Waals surface area contributed by atoms with Gasteiger partial charge in [0.2, 0.25) is 0 Å². The molecule has 1 aliphatic heterocycles. The summed E-state index contributed by atoms with van der Waals surface area (Å²) in [6.45, 7) is 2.72. The molecular formula is C6H11N2O2. The monoisotopic (exact) mass is 143 g/mol. The van der Waals surface area contributed by atoms with Gasteiger partial charge in [-0.1, -0.05) is 0 Å². The molecule has 1 rings (SSSR count). The van der Waals surface area contributed by atoms with Gasteiger partial charge in [-0.15, -0.1) is 0 Å². The predicted octanol–water partition coefficient (Wildman–Crippen LogP) is 0.130. The third-order valence-electron chi connectivity index (χ3n) is 1.69. The van der Waals surface area contributed by atoms with E-state index in [1.165, 1.54) is 11.8 Å². The van der Waals surface area contributed by atoms with Crippen molar-refractivity contribution < 1.29 is 9.90 Å². The second kappa shape index (κ2) is 2.46. The van der Waals surface area contributed by atoms with E-state index in [4.69, 9.17) is 0 Å². The number of carbonyl (C=O) groups excluding carboxylic acids is 1. The van der Waals surface area contributed by atoms with E-state index in [1.807, 2.05) is 0 Å². The van der Waals surface area contributed by atoms with Crippen molar-refractivity contribution in [1.29, 1.82) is 0 Å². The molecule has 0 aromatic carbocycles. The average molecular weight is 143 g/mol. The van der Waals surface area contributed by atoms with Crippen LogP contribution in [0.4, 0.5) is 4.79 Å². The first-order chi connectivity index (χ1) is 4.63. The van der Waals surface area contributed by atoms with Crippen molar-refractivity contribution in [1.82, 2.24) is 9.80 Å². The first kappa shape index (κ1) is 7.34. The summed E-state index contributed by atoms with van der Waals surface area (Å²) < 4.78 is 0. The molecule has 0 aromatic heterocycles. The first-order valence-electron chi connectivity index (χ1n) is 3.30. The summed E-state index contributed by atoms with van der Waals surface area (Å²) in [6, 6.07) is -0.150. The Hall–Kier alpha value is -0.770. The Bertz CT molecular complexity index is 147. The van der Waals surface area contributed by atoms with Crippen LogP contribution in [0.25, 0.3) is 0 Å². The molecule has 4 nitrogen and oxygen atoms in total. The summed E-state index contributed by atoms with van der Waals surface area (Å²) in [7, 11) is 1.70. The fourth-order valence-electron chi connectivity index (χ4n) is 1.01. The zero-order chi connectivity index (χ0) is 7.72. The SMILES string of the molecule is CC([O])N1CCN(C)C1=O. The molecule has 1 radical (unpaired) electrons. The fraction of sp³-hybridized carbons (Fsp3) is 0.833. The fourth-order valence-corrected chi connectivity index (χ4v) is 1.01. The number of likely N-dealkylation sites (N-methyl/N-ethyl adjacent to an activating group) is 1. The molecule has 0 aliphatic carbocycles. The summed E-state index contributed by atoms with van der Waals surface area (Å²) in [4.78, 5) is 13.9. The Morgan fingerprint density at radius 2 is 2.10 bits per heavy atom. The molecule has 1 saturated heterocycles. The molecule has 4 heteroatoms. The van der Waals surface area contributed by atoms with E-state index in [9.17, 15) is 9.90 Å². The van der Waals surface area contributed by atoms with Crippen LogP contribution in [0, 0.1) is 0 Å². The summed E-state index contributed by atoms with van der Waals surface area (Å²) in [5.41, 5.74) is 0. The number of nitrogens with zero attached hydrogens (tertiary/aromatic N) is 2. The lowest BCUT2D eigenvalue weighted by molar-refractivity contribution is -0.000226. The third kappa shape index (κ3) is 1.07. The van der Waals surface area contributed by atoms with E-state index in [2.05, 4.69) is 0 Å². The van der Waals surface area contributed by atoms with E-state index in [1.54, 1.807) is 11.9 Å². The number of urea groups is 1. The van der Waals surface area contributed by atoms with Gasteiger partial charge in [0.15, 0.2) is 6.23 Å². The van der Waals surface area contributed by atoms with E-state index in [0.717, 1.165) is 0 Å². The molecule has 0 N–H and O–H groups in total. The summed E-state index contributed by atoms with van der Waals surface area (Å²) >= 11 is 0. The van der Waals surface area contributed by atoms with Crippen molar-refractivity contribution in [2.45, 2.75) is 13.2 Å².